The van der Waals surface area contributed by atoms with Gasteiger partial charge >= 0.3 is 0 Å². The molecule has 5 heteroatoms. The Labute approximate surface area is 135 Å². The number of amides is 2. The van der Waals surface area contributed by atoms with Gasteiger partial charge in [-0.05, 0) is 31.5 Å². The van der Waals surface area contributed by atoms with Crippen molar-refractivity contribution < 1.29 is 9.59 Å². The molecule has 120 valence electrons. The zero-order valence-electron chi connectivity index (χ0n) is 13.5. The van der Waals surface area contributed by atoms with Gasteiger partial charge in [0.15, 0.2) is 0 Å². The van der Waals surface area contributed by atoms with Crippen LogP contribution >= 0.6 is 0 Å². The molecule has 0 fully saturated rings. The fourth-order valence-electron chi connectivity index (χ4n) is 3.07. The van der Waals surface area contributed by atoms with Gasteiger partial charge in [0.1, 0.15) is 0 Å². The first-order chi connectivity index (χ1) is 11.1. The van der Waals surface area contributed by atoms with E-state index in [0.717, 1.165) is 29.3 Å². The molecule has 0 radical (unpaired) electrons. The lowest BCUT2D eigenvalue weighted by Crippen LogP contribution is -2.41. The quantitative estimate of drug-likeness (QED) is 0.524. The Morgan fingerprint density at radius 1 is 1.04 bits per heavy atom. The van der Waals surface area contributed by atoms with Crippen LogP contribution in [0.4, 0.5) is 5.69 Å². The highest BCUT2D eigenvalue weighted by molar-refractivity contribution is 6.26. The fraction of sp³-hybridized carbons (Fsp3) is 0.333. The predicted molar refractivity (Wildman–Crippen MR) is 91.4 cm³/mol. The van der Waals surface area contributed by atoms with Gasteiger partial charge in [-0.1, -0.05) is 25.5 Å². The van der Waals surface area contributed by atoms with Crippen LogP contribution in [0.15, 0.2) is 30.3 Å². The summed E-state index contributed by atoms with van der Waals surface area (Å²) in [5.41, 5.74) is 2.00. The number of hydrogen-bond acceptors (Lipinski definition) is 4. The zero-order valence-corrected chi connectivity index (χ0v) is 13.5. The molecule has 2 amide bonds. The summed E-state index contributed by atoms with van der Waals surface area (Å²) >= 11 is 0. The first-order valence-electron chi connectivity index (χ1n) is 8.04. The number of unbranched alkanes of at least 4 members (excludes halogenated alkanes) is 1. The Morgan fingerprint density at radius 2 is 1.74 bits per heavy atom. The first-order valence-corrected chi connectivity index (χ1v) is 8.04. The van der Waals surface area contributed by atoms with E-state index in [1.165, 1.54) is 4.90 Å². The van der Waals surface area contributed by atoms with Crippen LogP contribution in [-0.4, -0.2) is 29.8 Å². The number of benzene rings is 2. The molecule has 2 aromatic rings. The molecule has 0 spiro atoms. The van der Waals surface area contributed by atoms with E-state index in [1.807, 2.05) is 32.0 Å². The van der Waals surface area contributed by atoms with Gasteiger partial charge in [0, 0.05) is 35.0 Å². The van der Waals surface area contributed by atoms with Crippen LogP contribution in [0.3, 0.4) is 0 Å². The van der Waals surface area contributed by atoms with Crippen LogP contribution in [0, 0.1) is 0 Å². The number of carbonyl (C=O) groups is 2. The van der Waals surface area contributed by atoms with E-state index in [9.17, 15) is 9.59 Å². The third-order valence-corrected chi connectivity index (χ3v) is 4.35. The van der Waals surface area contributed by atoms with Crippen molar-refractivity contribution in [3.63, 3.8) is 0 Å². The highest BCUT2D eigenvalue weighted by atomic mass is 16.2. The Morgan fingerprint density at radius 3 is 2.39 bits per heavy atom. The summed E-state index contributed by atoms with van der Waals surface area (Å²) in [6.07, 6.45) is 1.75. The van der Waals surface area contributed by atoms with Crippen LogP contribution in [-0.2, 0) is 0 Å². The number of carbonyl (C=O) groups excluding carboxylic acids is 2. The number of imide groups is 1. The summed E-state index contributed by atoms with van der Waals surface area (Å²) in [5.74, 6) is 5.62. The topological polar surface area (TPSA) is 66.6 Å². The summed E-state index contributed by atoms with van der Waals surface area (Å²) in [4.78, 5) is 26.8. The van der Waals surface area contributed by atoms with Crippen LogP contribution < -0.4 is 10.9 Å². The van der Waals surface area contributed by atoms with Crippen molar-refractivity contribution in [3.8, 4) is 0 Å². The maximum atomic E-state index is 12.7. The first kappa shape index (κ1) is 15.5. The van der Waals surface area contributed by atoms with E-state index in [1.54, 1.807) is 17.1 Å². The number of hydrogen-bond donors (Lipinski definition) is 1. The smallest absolute Gasteiger partial charge is 0.261 e. The minimum absolute atomic E-state index is 0.209. The average Bonchev–Trinajstić information content (AvgIpc) is 2.58. The van der Waals surface area contributed by atoms with Gasteiger partial charge in [-0.2, -0.15) is 0 Å². The lowest BCUT2D eigenvalue weighted by molar-refractivity contribution is 0.0608. The Hall–Kier alpha value is -2.40. The predicted octanol–water partition coefficient (Wildman–Crippen LogP) is 2.94. The molecule has 0 atom stereocenters. The summed E-state index contributed by atoms with van der Waals surface area (Å²) < 4.78 is 0. The molecule has 2 aromatic carbocycles. The van der Waals surface area contributed by atoms with Crippen molar-refractivity contribution in [1.29, 1.82) is 0 Å². The van der Waals surface area contributed by atoms with Crippen molar-refractivity contribution in [2.45, 2.75) is 26.7 Å². The minimum atomic E-state index is -0.209. The SMILES string of the molecule is CCCCN1C(=O)c2cccc3c(N(N)CC)ccc(c23)C1=O. The molecule has 2 N–H and O–H groups in total. The third-order valence-electron chi connectivity index (χ3n) is 4.35. The summed E-state index contributed by atoms with van der Waals surface area (Å²) in [7, 11) is 0. The maximum Gasteiger partial charge on any atom is 0.261 e. The van der Waals surface area contributed by atoms with E-state index in [0.29, 0.717) is 24.2 Å². The standard InChI is InChI=1S/C18H21N3O2/c1-3-5-11-20-17(22)13-8-6-7-12-15(21(19)4-2)10-9-14(16(12)13)18(20)23/h6-10H,3-5,11,19H2,1-2H3. The molecule has 0 unspecified atom stereocenters. The number of nitrogens with two attached hydrogens (primary N) is 1. The van der Waals surface area contributed by atoms with Gasteiger partial charge in [-0.25, -0.2) is 5.84 Å². The molecule has 0 saturated carbocycles. The molecule has 5 nitrogen and oxygen atoms in total. The molecular weight excluding hydrogens is 290 g/mol. The Balaban J connectivity index is 2.21. The lowest BCUT2D eigenvalue weighted by Gasteiger charge is -2.28. The number of rotatable bonds is 5. The summed E-state index contributed by atoms with van der Waals surface area (Å²) in [5, 5.41) is 3.19. The van der Waals surface area contributed by atoms with Crippen molar-refractivity contribution in [2.24, 2.45) is 5.84 Å². The van der Waals surface area contributed by atoms with E-state index >= 15 is 0 Å². The van der Waals surface area contributed by atoms with Crippen molar-refractivity contribution in [3.05, 3.63) is 41.5 Å². The van der Waals surface area contributed by atoms with Crippen LogP contribution in [0.2, 0.25) is 0 Å². The fourth-order valence-corrected chi connectivity index (χ4v) is 3.07. The second kappa shape index (κ2) is 6.01. The van der Waals surface area contributed by atoms with Gasteiger partial charge in [-0.3, -0.25) is 14.5 Å². The van der Waals surface area contributed by atoms with Gasteiger partial charge in [0.05, 0.1) is 5.69 Å². The second-order valence-electron chi connectivity index (χ2n) is 5.76. The van der Waals surface area contributed by atoms with Crippen LogP contribution in [0.1, 0.15) is 47.4 Å². The molecular formula is C18H21N3O2. The molecule has 0 saturated heterocycles. The van der Waals surface area contributed by atoms with E-state index in [-0.39, 0.29) is 11.8 Å². The highest BCUT2D eigenvalue weighted by Crippen LogP contribution is 2.35. The van der Waals surface area contributed by atoms with Crippen molar-refractivity contribution >= 4 is 28.3 Å². The number of nitrogens with zero attached hydrogens (tertiary/aromatic N) is 2. The van der Waals surface area contributed by atoms with Crippen LogP contribution in [0.25, 0.3) is 10.8 Å². The average molecular weight is 311 g/mol. The largest absolute Gasteiger partial charge is 0.311 e. The Kier molecular flexibility index (Phi) is 4.05. The maximum absolute atomic E-state index is 12.7. The lowest BCUT2D eigenvalue weighted by atomic mass is 9.92. The molecule has 0 bridgehead atoms. The molecule has 3 rings (SSSR count). The minimum Gasteiger partial charge on any atom is -0.311 e. The number of anilines is 1. The van der Waals surface area contributed by atoms with Gasteiger partial charge in [-0.15, -0.1) is 0 Å². The normalized spacial score (nSPS) is 13.8. The molecule has 0 aromatic heterocycles. The third kappa shape index (κ3) is 2.37. The Bertz CT molecular complexity index is 763. The van der Waals surface area contributed by atoms with E-state index in [2.05, 4.69) is 0 Å². The van der Waals surface area contributed by atoms with Crippen molar-refractivity contribution in [1.82, 2.24) is 4.90 Å². The van der Waals surface area contributed by atoms with Crippen molar-refractivity contribution in [2.75, 3.05) is 18.1 Å². The number of hydrazine groups is 1. The zero-order chi connectivity index (χ0) is 16.6. The molecule has 0 aliphatic carbocycles. The molecule has 1 aliphatic rings. The van der Waals surface area contributed by atoms with Gasteiger partial charge in [0.25, 0.3) is 11.8 Å². The molecule has 1 aliphatic heterocycles. The monoisotopic (exact) mass is 311 g/mol. The van der Waals surface area contributed by atoms with Crippen LogP contribution in [0.5, 0.6) is 0 Å². The summed E-state index contributed by atoms with van der Waals surface area (Å²) in [6.45, 7) is 5.10. The highest BCUT2D eigenvalue weighted by Gasteiger charge is 2.32. The van der Waals surface area contributed by atoms with Gasteiger partial charge in [0.2, 0.25) is 0 Å². The molecule has 23 heavy (non-hydrogen) atoms. The van der Waals surface area contributed by atoms with Gasteiger partial charge < -0.3 is 5.01 Å². The van der Waals surface area contributed by atoms with E-state index < -0.39 is 0 Å². The second-order valence-corrected chi connectivity index (χ2v) is 5.76. The van der Waals surface area contributed by atoms with E-state index in [4.69, 9.17) is 5.84 Å². The molecule has 1 heterocycles. The summed E-state index contributed by atoms with van der Waals surface area (Å²) in [6, 6.07) is 9.19.